The molecule has 0 spiro atoms. The fourth-order valence-corrected chi connectivity index (χ4v) is 2.07. The number of hydrogen-bond donors (Lipinski definition) is 2. The van der Waals surface area contributed by atoms with Gasteiger partial charge in [0.15, 0.2) is 0 Å². The van der Waals surface area contributed by atoms with Gasteiger partial charge in [-0.15, -0.1) is 0 Å². The number of nitrogens with zero attached hydrogens (tertiary/aromatic N) is 2. The van der Waals surface area contributed by atoms with Crippen molar-refractivity contribution in [3.63, 3.8) is 0 Å². The summed E-state index contributed by atoms with van der Waals surface area (Å²) in [5.41, 5.74) is 0. The van der Waals surface area contributed by atoms with Crippen molar-refractivity contribution in [3.8, 4) is 0 Å². The Labute approximate surface area is 73.9 Å². The van der Waals surface area contributed by atoms with Crippen LogP contribution in [0.2, 0.25) is 0 Å². The van der Waals surface area contributed by atoms with Crippen LogP contribution in [0.25, 0.3) is 0 Å². The van der Waals surface area contributed by atoms with Crippen molar-refractivity contribution < 1.29 is 0 Å². The molecule has 2 heterocycles. The van der Waals surface area contributed by atoms with Crippen molar-refractivity contribution in [2.24, 2.45) is 0 Å². The van der Waals surface area contributed by atoms with Gasteiger partial charge in [-0.05, 0) is 14.1 Å². The monoisotopic (exact) mass is 170 g/mol. The smallest absolute Gasteiger partial charge is 0.0892 e. The second kappa shape index (κ2) is 3.30. The quantitative estimate of drug-likeness (QED) is 0.473. The second-order valence-electron chi connectivity index (χ2n) is 3.76. The molecule has 2 atom stereocenters. The third kappa shape index (κ3) is 1.35. The van der Waals surface area contributed by atoms with Crippen LogP contribution in [-0.2, 0) is 0 Å². The van der Waals surface area contributed by atoms with Gasteiger partial charge in [0, 0.05) is 26.2 Å². The van der Waals surface area contributed by atoms with E-state index in [1.54, 1.807) is 0 Å². The van der Waals surface area contributed by atoms with Crippen molar-refractivity contribution in [1.82, 2.24) is 20.4 Å². The Morgan fingerprint density at radius 1 is 0.917 bits per heavy atom. The Hall–Kier alpha value is -0.160. The van der Waals surface area contributed by atoms with Gasteiger partial charge in [0.1, 0.15) is 0 Å². The first kappa shape index (κ1) is 8.44. The largest absolute Gasteiger partial charge is 0.298 e. The number of nitrogens with one attached hydrogen (secondary N) is 2. The van der Waals surface area contributed by atoms with Gasteiger partial charge in [-0.25, -0.2) is 0 Å². The highest BCUT2D eigenvalue weighted by Crippen LogP contribution is 2.10. The number of likely N-dealkylation sites (N-methyl/N-ethyl adjacent to an activating group) is 2. The van der Waals surface area contributed by atoms with Crippen LogP contribution in [0.15, 0.2) is 0 Å². The highest BCUT2D eigenvalue weighted by atomic mass is 15.4. The van der Waals surface area contributed by atoms with Crippen molar-refractivity contribution in [3.05, 3.63) is 0 Å². The second-order valence-corrected chi connectivity index (χ2v) is 3.76. The summed E-state index contributed by atoms with van der Waals surface area (Å²) in [5.74, 6) is 0. The standard InChI is InChI=1S/C8H18N4/c1-11-5-3-10-8-7(11)9-4-6-12(8)2/h7-10H,3-6H2,1-2H3/t7-,8+. The fraction of sp³-hybridized carbons (Fsp3) is 1.00. The van der Waals surface area contributed by atoms with Crippen molar-refractivity contribution >= 4 is 0 Å². The number of piperazine rings is 2. The minimum atomic E-state index is 0.498. The zero-order chi connectivity index (χ0) is 8.55. The first-order valence-electron chi connectivity index (χ1n) is 4.66. The Morgan fingerprint density at radius 3 is 1.75 bits per heavy atom. The van der Waals surface area contributed by atoms with E-state index in [2.05, 4.69) is 34.5 Å². The highest BCUT2D eigenvalue weighted by Gasteiger charge is 2.33. The van der Waals surface area contributed by atoms with E-state index in [9.17, 15) is 0 Å². The summed E-state index contributed by atoms with van der Waals surface area (Å²) in [6.07, 6.45) is 0.995. The Bertz CT molecular complexity index is 143. The lowest BCUT2D eigenvalue weighted by Gasteiger charge is -2.47. The van der Waals surface area contributed by atoms with Crippen LogP contribution in [0.4, 0.5) is 0 Å². The molecule has 12 heavy (non-hydrogen) atoms. The zero-order valence-electron chi connectivity index (χ0n) is 7.88. The van der Waals surface area contributed by atoms with Gasteiger partial charge in [-0.3, -0.25) is 20.4 Å². The Balaban J connectivity index is 2.05. The van der Waals surface area contributed by atoms with Crippen LogP contribution < -0.4 is 10.6 Å². The summed E-state index contributed by atoms with van der Waals surface area (Å²) in [4.78, 5) is 4.77. The fourth-order valence-electron chi connectivity index (χ4n) is 2.07. The Morgan fingerprint density at radius 2 is 1.33 bits per heavy atom. The van der Waals surface area contributed by atoms with E-state index >= 15 is 0 Å². The summed E-state index contributed by atoms with van der Waals surface area (Å²) < 4.78 is 0. The van der Waals surface area contributed by atoms with Crippen LogP contribution >= 0.6 is 0 Å². The molecule has 0 aromatic heterocycles. The molecule has 2 saturated heterocycles. The lowest BCUT2D eigenvalue weighted by Crippen LogP contribution is -2.71. The molecule has 2 rings (SSSR count). The van der Waals surface area contributed by atoms with Crippen LogP contribution in [0.1, 0.15) is 0 Å². The molecule has 0 radical (unpaired) electrons. The summed E-state index contributed by atoms with van der Waals surface area (Å²) in [6.45, 7) is 4.48. The highest BCUT2D eigenvalue weighted by molar-refractivity contribution is 4.88. The average Bonchev–Trinajstić information content (AvgIpc) is 2.07. The van der Waals surface area contributed by atoms with Gasteiger partial charge in [-0.2, -0.15) is 0 Å². The summed E-state index contributed by atoms with van der Waals surface area (Å²) in [6, 6.07) is 0. The number of hydrogen-bond acceptors (Lipinski definition) is 4. The molecule has 0 saturated carbocycles. The molecule has 0 amide bonds. The molecule has 70 valence electrons. The molecule has 2 aliphatic heterocycles. The van der Waals surface area contributed by atoms with Crippen molar-refractivity contribution in [2.75, 3.05) is 40.3 Å². The van der Waals surface area contributed by atoms with Crippen LogP contribution in [0.3, 0.4) is 0 Å². The molecule has 2 fully saturated rings. The third-order valence-corrected chi connectivity index (χ3v) is 2.88. The normalized spacial score (nSPS) is 39.5. The average molecular weight is 170 g/mol. The molecule has 2 aliphatic rings. The van der Waals surface area contributed by atoms with E-state index in [-0.39, 0.29) is 0 Å². The van der Waals surface area contributed by atoms with Gasteiger partial charge in [0.2, 0.25) is 0 Å². The SMILES string of the molecule is CN1CCN[C@H]2[C@H]1NCCN2C. The minimum Gasteiger partial charge on any atom is -0.298 e. The molecule has 0 bridgehead atoms. The van der Waals surface area contributed by atoms with Gasteiger partial charge >= 0.3 is 0 Å². The first-order valence-corrected chi connectivity index (χ1v) is 4.66. The van der Waals surface area contributed by atoms with Gasteiger partial charge < -0.3 is 0 Å². The maximum Gasteiger partial charge on any atom is 0.0892 e. The topological polar surface area (TPSA) is 30.5 Å². The van der Waals surface area contributed by atoms with Gasteiger partial charge in [0.25, 0.3) is 0 Å². The zero-order valence-corrected chi connectivity index (χ0v) is 7.88. The molecule has 4 nitrogen and oxygen atoms in total. The van der Waals surface area contributed by atoms with Crippen LogP contribution in [-0.4, -0.2) is 62.4 Å². The van der Waals surface area contributed by atoms with Crippen LogP contribution in [0.5, 0.6) is 0 Å². The van der Waals surface area contributed by atoms with E-state index in [0.717, 1.165) is 26.2 Å². The van der Waals surface area contributed by atoms with E-state index < -0.39 is 0 Å². The predicted octanol–water partition coefficient (Wildman–Crippen LogP) is -1.29. The molecular formula is C8H18N4. The summed E-state index contributed by atoms with van der Waals surface area (Å²) in [5, 5.41) is 7.05. The van der Waals surface area contributed by atoms with Crippen LogP contribution in [0, 0.1) is 0 Å². The molecule has 0 aliphatic carbocycles. The molecular weight excluding hydrogens is 152 g/mol. The molecule has 4 heteroatoms. The van der Waals surface area contributed by atoms with E-state index in [1.165, 1.54) is 0 Å². The van der Waals surface area contributed by atoms with E-state index in [1.807, 2.05) is 0 Å². The summed E-state index contributed by atoms with van der Waals surface area (Å²) >= 11 is 0. The molecule has 0 aromatic carbocycles. The molecule has 0 unspecified atom stereocenters. The summed E-state index contributed by atoms with van der Waals surface area (Å²) in [7, 11) is 4.37. The molecule has 2 N–H and O–H groups in total. The predicted molar refractivity (Wildman–Crippen MR) is 48.8 cm³/mol. The van der Waals surface area contributed by atoms with E-state index in [4.69, 9.17) is 0 Å². The lowest BCUT2D eigenvalue weighted by atomic mass is 10.2. The first-order chi connectivity index (χ1) is 5.79. The number of fused-ring (bicyclic) bond motifs is 1. The maximum absolute atomic E-state index is 3.52. The van der Waals surface area contributed by atoms with Gasteiger partial charge in [-0.1, -0.05) is 0 Å². The number of rotatable bonds is 0. The van der Waals surface area contributed by atoms with Crippen molar-refractivity contribution in [2.45, 2.75) is 12.3 Å². The third-order valence-electron chi connectivity index (χ3n) is 2.88. The van der Waals surface area contributed by atoms with Crippen molar-refractivity contribution in [1.29, 1.82) is 0 Å². The lowest BCUT2D eigenvalue weighted by molar-refractivity contribution is 0.0109. The van der Waals surface area contributed by atoms with Gasteiger partial charge in [0.05, 0.1) is 12.3 Å². The maximum atomic E-state index is 3.52. The molecule has 0 aromatic rings. The Kier molecular flexibility index (Phi) is 2.32. The minimum absolute atomic E-state index is 0.498. The van der Waals surface area contributed by atoms with E-state index in [0.29, 0.717) is 12.3 Å².